The third-order valence-corrected chi connectivity index (χ3v) is 4.97. The summed E-state index contributed by atoms with van der Waals surface area (Å²) in [6.45, 7) is 5.47. The molecule has 0 aliphatic heterocycles. The summed E-state index contributed by atoms with van der Waals surface area (Å²) >= 11 is 1.49. The zero-order chi connectivity index (χ0) is 19.6. The number of carboxylic acid groups (broad SMARTS) is 1. The molecule has 136 valence electrons. The van der Waals surface area contributed by atoms with E-state index in [1.807, 2.05) is 39.0 Å². The highest BCUT2D eigenvalue weighted by Gasteiger charge is 2.24. The minimum absolute atomic E-state index is 0.178. The molecule has 0 aliphatic carbocycles. The van der Waals surface area contributed by atoms with Crippen LogP contribution in [0.4, 0.5) is 0 Å². The highest BCUT2D eigenvalue weighted by atomic mass is 32.1. The second kappa shape index (κ2) is 7.22. The Morgan fingerprint density at radius 2 is 1.93 bits per heavy atom. The molecule has 0 saturated heterocycles. The summed E-state index contributed by atoms with van der Waals surface area (Å²) in [4.78, 5) is 15.9. The Morgan fingerprint density at radius 3 is 2.52 bits per heavy atom. The van der Waals surface area contributed by atoms with Crippen molar-refractivity contribution in [1.29, 1.82) is 5.26 Å². The summed E-state index contributed by atoms with van der Waals surface area (Å²) in [5.74, 6) is -0.472. The first kappa shape index (κ1) is 18.6. The number of fused-ring (bicyclic) bond motifs is 1. The van der Waals surface area contributed by atoms with Crippen LogP contribution in [0.5, 0.6) is 5.75 Å². The van der Waals surface area contributed by atoms with Gasteiger partial charge in [0.25, 0.3) is 0 Å². The van der Waals surface area contributed by atoms with Gasteiger partial charge in [-0.1, -0.05) is 32.9 Å². The number of benzene rings is 2. The van der Waals surface area contributed by atoms with Gasteiger partial charge in [0.05, 0.1) is 32.9 Å². The lowest BCUT2D eigenvalue weighted by atomic mass is 9.87. The zero-order valence-electron chi connectivity index (χ0n) is 15.2. The highest BCUT2D eigenvalue weighted by molar-refractivity contribution is 7.17. The number of nitriles is 1. The predicted molar refractivity (Wildman–Crippen MR) is 106 cm³/mol. The van der Waals surface area contributed by atoms with Gasteiger partial charge < -0.3 is 9.84 Å². The highest BCUT2D eigenvalue weighted by Crippen LogP contribution is 2.39. The first-order chi connectivity index (χ1) is 12.8. The Bertz CT molecular complexity index is 1070. The Kier molecular flexibility index (Phi) is 4.98. The van der Waals surface area contributed by atoms with Gasteiger partial charge in [0, 0.05) is 5.56 Å². The molecule has 0 saturated carbocycles. The monoisotopic (exact) mass is 378 g/mol. The smallest absolute Gasteiger partial charge is 0.335 e. The Morgan fingerprint density at radius 1 is 1.22 bits per heavy atom. The number of hydrogen-bond donors (Lipinski definition) is 1. The van der Waals surface area contributed by atoms with E-state index < -0.39 is 11.4 Å². The van der Waals surface area contributed by atoms with Crippen LogP contribution in [0.1, 0.15) is 26.3 Å². The average Bonchev–Trinajstić information content (AvgIpc) is 3.09. The molecule has 1 heterocycles. The summed E-state index contributed by atoms with van der Waals surface area (Å²) in [5.41, 5.74) is 4.49. The second-order valence-corrected chi connectivity index (χ2v) is 7.89. The van der Waals surface area contributed by atoms with Crippen molar-refractivity contribution in [2.45, 2.75) is 20.8 Å². The molecular weight excluding hydrogens is 360 g/mol. The van der Waals surface area contributed by atoms with Crippen LogP contribution in [-0.4, -0.2) is 16.1 Å². The van der Waals surface area contributed by atoms with Crippen molar-refractivity contribution < 1.29 is 14.6 Å². The van der Waals surface area contributed by atoms with E-state index in [0.29, 0.717) is 11.3 Å². The molecule has 6 heteroatoms. The predicted octanol–water partition coefficient (Wildman–Crippen LogP) is 5.23. The SMILES string of the molecule is CC(C)(C)/C(=C\Oc1ccc2ncsc2c1-c1ccc(C#N)cc1)C(=O)O. The summed E-state index contributed by atoms with van der Waals surface area (Å²) < 4.78 is 6.79. The topological polar surface area (TPSA) is 83.2 Å². The number of carboxylic acids is 1. The van der Waals surface area contributed by atoms with E-state index in [1.54, 1.807) is 23.7 Å². The van der Waals surface area contributed by atoms with Crippen LogP contribution in [0.3, 0.4) is 0 Å². The molecule has 3 rings (SSSR count). The maximum atomic E-state index is 11.6. The zero-order valence-corrected chi connectivity index (χ0v) is 16.0. The van der Waals surface area contributed by atoms with E-state index >= 15 is 0 Å². The molecule has 1 aromatic heterocycles. The van der Waals surface area contributed by atoms with E-state index in [1.165, 1.54) is 17.6 Å². The number of rotatable bonds is 4. The normalized spacial score (nSPS) is 12.0. The standard InChI is InChI=1S/C21H18N2O3S/c1-21(2,3)15(20(24)25)11-26-17-9-8-16-19(27-12-23-16)18(17)14-6-4-13(10-22)5-7-14/h4-9,11-12H,1-3H3,(H,24,25)/b15-11-. The van der Waals surface area contributed by atoms with Gasteiger partial charge in [0.15, 0.2) is 0 Å². The maximum absolute atomic E-state index is 11.6. The molecule has 0 amide bonds. The number of hydrogen-bond acceptors (Lipinski definition) is 5. The number of ether oxygens (including phenoxy) is 1. The fraction of sp³-hybridized carbons (Fsp3) is 0.190. The molecule has 0 fully saturated rings. The minimum atomic E-state index is -1.01. The van der Waals surface area contributed by atoms with Crippen molar-refractivity contribution in [1.82, 2.24) is 4.98 Å². The summed E-state index contributed by atoms with van der Waals surface area (Å²) in [5, 5.41) is 18.5. The minimum Gasteiger partial charge on any atom is -0.478 e. The van der Waals surface area contributed by atoms with Crippen molar-refractivity contribution in [2.75, 3.05) is 0 Å². The van der Waals surface area contributed by atoms with Crippen LogP contribution in [0, 0.1) is 16.7 Å². The van der Waals surface area contributed by atoms with Crippen molar-refractivity contribution in [2.24, 2.45) is 5.41 Å². The molecule has 0 unspecified atom stereocenters. The van der Waals surface area contributed by atoms with Crippen LogP contribution < -0.4 is 4.74 Å². The Balaban J connectivity index is 2.13. The summed E-state index contributed by atoms with van der Waals surface area (Å²) in [7, 11) is 0. The summed E-state index contributed by atoms with van der Waals surface area (Å²) in [6, 6.07) is 12.9. The van der Waals surface area contributed by atoms with E-state index in [2.05, 4.69) is 11.1 Å². The molecule has 0 spiro atoms. The third kappa shape index (κ3) is 3.83. The summed E-state index contributed by atoms with van der Waals surface area (Å²) in [6.07, 6.45) is 1.30. The van der Waals surface area contributed by atoms with Gasteiger partial charge in [0.2, 0.25) is 0 Å². The molecule has 0 atom stereocenters. The number of nitrogens with zero attached hydrogens (tertiary/aromatic N) is 2. The van der Waals surface area contributed by atoms with Gasteiger partial charge in [-0.15, -0.1) is 11.3 Å². The van der Waals surface area contributed by atoms with Gasteiger partial charge in [-0.2, -0.15) is 5.26 Å². The molecule has 0 aliphatic rings. The molecular formula is C21H18N2O3S. The molecule has 5 nitrogen and oxygen atoms in total. The van der Waals surface area contributed by atoms with Gasteiger partial charge in [-0.25, -0.2) is 9.78 Å². The van der Waals surface area contributed by atoms with Gasteiger partial charge in [-0.3, -0.25) is 0 Å². The third-order valence-electron chi connectivity index (χ3n) is 4.11. The molecule has 0 radical (unpaired) electrons. The Labute approximate surface area is 161 Å². The van der Waals surface area contributed by atoms with Crippen molar-refractivity contribution in [3.63, 3.8) is 0 Å². The number of thiazole rings is 1. The molecule has 3 aromatic rings. The lowest BCUT2D eigenvalue weighted by molar-refractivity contribution is -0.133. The quantitative estimate of drug-likeness (QED) is 0.496. The Hall–Kier alpha value is -3.17. The van der Waals surface area contributed by atoms with Crippen LogP contribution >= 0.6 is 11.3 Å². The lowest BCUT2D eigenvalue weighted by Crippen LogP contribution is -2.18. The van der Waals surface area contributed by atoms with Crippen LogP contribution in [0.2, 0.25) is 0 Å². The molecule has 1 N–H and O–H groups in total. The first-order valence-electron chi connectivity index (χ1n) is 8.28. The van der Waals surface area contributed by atoms with Crippen molar-refractivity contribution in [3.05, 3.63) is 59.3 Å². The van der Waals surface area contributed by atoms with Crippen molar-refractivity contribution >= 4 is 27.5 Å². The first-order valence-corrected chi connectivity index (χ1v) is 9.16. The van der Waals surface area contributed by atoms with Crippen LogP contribution in [0.25, 0.3) is 21.3 Å². The lowest BCUT2D eigenvalue weighted by Gasteiger charge is -2.19. The number of aliphatic carboxylic acids is 1. The average molecular weight is 378 g/mol. The molecule has 2 aromatic carbocycles. The van der Waals surface area contributed by atoms with E-state index in [-0.39, 0.29) is 5.57 Å². The largest absolute Gasteiger partial charge is 0.478 e. The van der Waals surface area contributed by atoms with Crippen molar-refractivity contribution in [3.8, 4) is 22.9 Å². The van der Waals surface area contributed by atoms with E-state index in [0.717, 1.165) is 21.3 Å². The van der Waals surface area contributed by atoms with Gasteiger partial charge >= 0.3 is 5.97 Å². The fourth-order valence-electron chi connectivity index (χ4n) is 2.66. The van der Waals surface area contributed by atoms with Crippen LogP contribution in [0.15, 0.2) is 53.7 Å². The maximum Gasteiger partial charge on any atom is 0.335 e. The molecule has 27 heavy (non-hydrogen) atoms. The number of carbonyl (C=O) groups is 1. The molecule has 0 bridgehead atoms. The second-order valence-electron chi connectivity index (χ2n) is 7.03. The van der Waals surface area contributed by atoms with E-state index in [9.17, 15) is 9.90 Å². The van der Waals surface area contributed by atoms with Gasteiger partial charge in [0.1, 0.15) is 12.0 Å². The number of aromatic nitrogens is 1. The van der Waals surface area contributed by atoms with E-state index in [4.69, 9.17) is 10.00 Å². The fourth-order valence-corrected chi connectivity index (χ4v) is 3.51. The van der Waals surface area contributed by atoms with Gasteiger partial charge in [-0.05, 0) is 35.2 Å². The van der Waals surface area contributed by atoms with Crippen LogP contribution in [-0.2, 0) is 4.79 Å².